The van der Waals surface area contributed by atoms with E-state index in [-0.39, 0.29) is 5.91 Å². The number of nitrogens with zero attached hydrogens (tertiary/aromatic N) is 3. The van der Waals surface area contributed by atoms with Crippen LogP contribution in [0.25, 0.3) is 0 Å². The number of likely N-dealkylation sites (N-methyl/N-ethyl adjacent to an activating group) is 2. The third-order valence-corrected chi connectivity index (χ3v) is 3.17. The van der Waals surface area contributed by atoms with Crippen molar-refractivity contribution in [2.45, 2.75) is 13.8 Å². The highest BCUT2D eigenvalue weighted by Gasteiger charge is 2.18. The predicted molar refractivity (Wildman–Crippen MR) is 61.9 cm³/mol. The van der Waals surface area contributed by atoms with E-state index in [9.17, 15) is 4.79 Å². The van der Waals surface area contributed by atoms with Crippen molar-refractivity contribution < 1.29 is 4.79 Å². The molecule has 0 aromatic carbocycles. The van der Waals surface area contributed by atoms with Crippen LogP contribution in [0.5, 0.6) is 0 Å². The number of carbonyl (C=O) groups excluding carboxylic acids is 1. The lowest BCUT2D eigenvalue weighted by Gasteiger charge is -2.34. The van der Waals surface area contributed by atoms with E-state index in [4.69, 9.17) is 0 Å². The van der Waals surface area contributed by atoms with Gasteiger partial charge in [-0.05, 0) is 13.5 Å². The number of rotatable bonds is 4. The zero-order chi connectivity index (χ0) is 11.3. The van der Waals surface area contributed by atoms with E-state index in [2.05, 4.69) is 16.7 Å². The van der Waals surface area contributed by atoms with E-state index >= 15 is 0 Å². The first-order chi connectivity index (χ1) is 7.17. The minimum atomic E-state index is 0.238. The Bertz CT molecular complexity index is 200. The number of piperazine rings is 1. The molecule has 0 bridgehead atoms. The van der Waals surface area contributed by atoms with Crippen LogP contribution < -0.4 is 0 Å². The molecule has 0 N–H and O–H groups in total. The smallest absolute Gasteiger partial charge is 0.236 e. The van der Waals surface area contributed by atoms with Crippen LogP contribution in [0.2, 0.25) is 0 Å². The van der Waals surface area contributed by atoms with Gasteiger partial charge in [0.15, 0.2) is 0 Å². The van der Waals surface area contributed by atoms with Gasteiger partial charge in [-0.15, -0.1) is 0 Å². The van der Waals surface area contributed by atoms with Gasteiger partial charge in [0.05, 0.1) is 6.54 Å². The van der Waals surface area contributed by atoms with Crippen molar-refractivity contribution in [1.29, 1.82) is 0 Å². The summed E-state index contributed by atoms with van der Waals surface area (Å²) in [6, 6.07) is 0. The molecule has 4 heteroatoms. The van der Waals surface area contributed by atoms with Crippen molar-refractivity contribution in [1.82, 2.24) is 14.7 Å². The summed E-state index contributed by atoms with van der Waals surface area (Å²) in [7, 11) is 1.87. The summed E-state index contributed by atoms with van der Waals surface area (Å²) in [6.07, 6.45) is 0. The molecule has 1 fully saturated rings. The van der Waals surface area contributed by atoms with Gasteiger partial charge in [0, 0.05) is 39.8 Å². The van der Waals surface area contributed by atoms with Gasteiger partial charge < -0.3 is 9.80 Å². The molecule has 4 nitrogen and oxygen atoms in total. The van der Waals surface area contributed by atoms with Crippen LogP contribution in [0.1, 0.15) is 13.8 Å². The monoisotopic (exact) mass is 213 g/mol. The van der Waals surface area contributed by atoms with Gasteiger partial charge in [0.25, 0.3) is 0 Å². The molecule has 1 aliphatic rings. The minimum Gasteiger partial charge on any atom is -0.345 e. The average Bonchev–Trinajstić information content (AvgIpc) is 2.29. The summed E-state index contributed by atoms with van der Waals surface area (Å²) in [5, 5.41) is 0. The molecule has 0 unspecified atom stereocenters. The van der Waals surface area contributed by atoms with Gasteiger partial charge in [0.2, 0.25) is 5.91 Å². The van der Waals surface area contributed by atoms with Crippen molar-refractivity contribution in [3.05, 3.63) is 0 Å². The summed E-state index contributed by atoms with van der Waals surface area (Å²) in [5.41, 5.74) is 0. The molecule has 0 aliphatic carbocycles. The van der Waals surface area contributed by atoms with Crippen molar-refractivity contribution in [2.75, 3.05) is 52.9 Å². The second-order valence-corrected chi connectivity index (χ2v) is 4.12. The van der Waals surface area contributed by atoms with E-state index in [1.165, 1.54) is 0 Å². The van der Waals surface area contributed by atoms with Crippen LogP contribution in [0.15, 0.2) is 0 Å². The van der Waals surface area contributed by atoms with Gasteiger partial charge in [-0.3, -0.25) is 9.69 Å². The Morgan fingerprint density at radius 1 is 1.13 bits per heavy atom. The maximum absolute atomic E-state index is 11.7. The summed E-state index contributed by atoms with van der Waals surface area (Å²) >= 11 is 0. The lowest BCUT2D eigenvalue weighted by Crippen LogP contribution is -2.49. The van der Waals surface area contributed by atoms with Crippen LogP contribution in [0, 0.1) is 0 Å². The van der Waals surface area contributed by atoms with E-state index in [1.807, 2.05) is 14.0 Å². The molecule has 88 valence electrons. The third kappa shape index (κ3) is 3.80. The van der Waals surface area contributed by atoms with E-state index in [0.29, 0.717) is 6.54 Å². The molecule has 0 saturated carbocycles. The molecular formula is C11H23N3O. The molecule has 1 amide bonds. The van der Waals surface area contributed by atoms with Crippen molar-refractivity contribution >= 4 is 5.91 Å². The molecule has 0 aromatic rings. The van der Waals surface area contributed by atoms with Crippen molar-refractivity contribution in [2.24, 2.45) is 0 Å². The van der Waals surface area contributed by atoms with E-state index in [1.54, 1.807) is 4.90 Å². The Morgan fingerprint density at radius 3 is 2.13 bits per heavy atom. The van der Waals surface area contributed by atoms with Crippen molar-refractivity contribution in [3.8, 4) is 0 Å². The van der Waals surface area contributed by atoms with Gasteiger partial charge in [-0.1, -0.05) is 6.92 Å². The first kappa shape index (κ1) is 12.5. The lowest BCUT2D eigenvalue weighted by atomic mass is 10.3. The van der Waals surface area contributed by atoms with Gasteiger partial charge in [-0.2, -0.15) is 0 Å². The van der Waals surface area contributed by atoms with Crippen LogP contribution in [0.3, 0.4) is 0 Å². The fourth-order valence-corrected chi connectivity index (χ4v) is 1.75. The first-order valence-electron chi connectivity index (χ1n) is 5.86. The fourth-order valence-electron chi connectivity index (χ4n) is 1.75. The molecule has 1 heterocycles. The molecule has 1 aliphatic heterocycles. The predicted octanol–water partition coefficient (Wildman–Crippen LogP) is 0.102. The minimum absolute atomic E-state index is 0.238. The average molecular weight is 213 g/mol. The quantitative estimate of drug-likeness (QED) is 0.663. The van der Waals surface area contributed by atoms with Gasteiger partial charge >= 0.3 is 0 Å². The second kappa shape index (κ2) is 6.08. The maximum Gasteiger partial charge on any atom is 0.236 e. The van der Waals surface area contributed by atoms with Gasteiger partial charge in [-0.25, -0.2) is 0 Å². The second-order valence-electron chi connectivity index (χ2n) is 4.12. The number of carbonyl (C=O) groups is 1. The zero-order valence-electron chi connectivity index (χ0n) is 10.2. The summed E-state index contributed by atoms with van der Waals surface area (Å²) < 4.78 is 0. The normalized spacial score (nSPS) is 19.1. The summed E-state index contributed by atoms with van der Waals surface area (Å²) in [4.78, 5) is 18.1. The van der Waals surface area contributed by atoms with E-state index in [0.717, 1.165) is 39.3 Å². The Hall–Kier alpha value is -0.610. The number of hydrogen-bond acceptors (Lipinski definition) is 3. The topological polar surface area (TPSA) is 26.8 Å². The highest BCUT2D eigenvalue weighted by molar-refractivity contribution is 5.77. The Morgan fingerprint density at radius 2 is 1.67 bits per heavy atom. The molecular weight excluding hydrogens is 190 g/mol. The molecule has 0 radical (unpaired) electrons. The van der Waals surface area contributed by atoms with Crippen molar-refractivity contribution in [3.63, 3.8) is 0 Å². The van der Waals surface area contributed by atoms with E-state index < -0.39 is 0 Å². The Balaban J connectivity index is 2.26. The van der Waals surface area contributed by atoms with Crippen LogP contribution in [0.4, 0.5) is 0 Å². The highest BCUT2D eigenvalue weighted by atomic mass is 16.2. The fraction of sp³-hybridized carbons (Fsp3) is 0.909. The van der Waals surface area contributed by atoms with Crippen LogP contribution in [-0.4, -0.2) is 73.5 Å². The first-order valence-corrected chi connectivity index (χ1v) is 5.86. The summed E-state index contributed by atoms with van der Waals surface area (Å²) in [6.45, 7) is 10.9. The van der Waals surface area contributed by atoms with Crippen LogP contribution in [-0.2, 0) is 4.79 Å². The maximum atomic E-state index is 11.7. The molecule has 1 rings (SSSR count). The SMILES string of the molecule is CCN1CCN(CC(=O)N(C)CC)CC1. The largest absolute Gasteiger partial charge is 0.345 e. The van der Waals surface area contributed by atoms with Crippen LogP contribution >= 0.6 is 0 Å². The van der Waals surface area contributed by atoms with Gasteiger partial charge in [0.1, 0.15) is 0 Å². The summed E-state index contributed by atoms with van der Waals surface area (Å²) in [5.74, 6) is 0.238. The highest BCUT2D eigenvalue weighted by Crippen LogP contribution is 2.01. The standard InChI is InChI=1S/C11H23N3O/c1-4-12(3)11(15)10-14-8-6-13(5-2)7-9-14/h4-10H2,1-3H3. The zero-order valence-corrected chi connectivity index (χ0v) is 10.2. The number of hydrogen-bond donors (Lipinski definition) is 0. The Labute approximate surface area is 92.8 Å². The lowest BCUT2D eigenvalue weighted by molar-refractivity contribution is -0.131. The number of amides is 1. The molecule has 0 spiro atoms. The molecule has 1 saturated heterocycles. The molecule has 0 aromatic heterocycles. The Kier molecular flexibility index (Phi) is 5.05. The third-order valence-electron chi connectivity index (χ3n) is 3.17. The molecule has 15 heavy (non-hydrogen) atoms. The molecule has 0 atom stereocenters.